The highest BCUT2D eigenvalue weighted by Gasteiger charge is 2.06. The van der Waals surface area contributed by atoms with Crippen LogP contribution in [0.1, 0.15) is 0 Å². The maximum atomic E-state index is 4.19. The average molecular weight is 160 g/mol. The van der Waals surface area contributed by atoms with Crippen molar-refractivity contribution in [2.24, 2.45) is 7.05 Å². The highest BCUT2D eigenvalue weighted by atomic mass is 15.3. The number of benzene rings is 1. The van der Waals surface area contributed by atoms with E-state index in [4.69, 9.17) is 0 Å². The summed E-state index contributed by atoms with van der Waals surface area (Å²) in [5.41, 5.74) is 1.11. The molecule has 0 amide bonds. The van der Waals surface area contributed by atoms with Gasteiger partial charge in [-0.25, -0.2) is 0 Å². The Kier molecular flexibility index (Phi) is 1.63. The molecule has 1 N–H and O–H groups in total. The topological polar surface area (TPSA) is 32.6 Å². The minimum absolute atomic E-state index is 0.901. The second-order valence-electron chi connectivity index (χ2n) is 2.68. The van der Waals surface area contributed by atoms with Crippen molar-refractivity contribution < 1.29 is 4.68 Å². The molecule has 1 heterocycles. The number of aromatic nitrogens is 3. The first kappa shape index (κ1) is 7.03. The summed E-state index contributed by atoms with van der Waals surface area (Å²) < 4.78 is 1.82. The molecule has 0 aliphatic carbocycles. The van der Waals surface area contributed by atoms with E-state index in [1.54, 1.807) is 6.33 Å². The predicted molar refractivity (Wildman–Crippen MR) is 45.2 cm³/mol. The molecule has 2 aromatic rings. The smallest absolute Gasteiger partial charge is 0.187 e. The first-order valence-electron chi connectivity index (χ1n) is 3.82. The third-order valence-corrected chi connectivity index (χ3v) is 1.69. The molecule has 0 fully saturated rings. The molecule has 1 aromatic carbocycles. The highest BCUT2D eigenvalue weighted by Crippen LogP contribution is 2.10. The third kappa shape index (κ3) is 1.21. The SMILES string of the molecule is C[n+]1cnc(-c2ccccc2)[nH]1. The molecule has 0 aliphatic heterocycles. The number of nitrogens with one attached hydrogen (secondary N) is 1. The summed E-state index contributed by atoms with van der Waals surface area (Å²) in [6.07, 6.45) is 1.75. The van der Waals surface area contributed by atoms with E-state index >= 15 is 0 Å². The molecule has 0 atom stereocenters. The Balaban J connectivity index is 2.45. The van der Waals surface area contributed by atoms with Crippen LogP contribution in [0, 0.1) is 0 Å². The molecular weight excluding hydrogens is 150 g/mol. The number of hydrogen-bond acceptors (Lipinski definition) is 1. The summed E-state index contributed by atoms with van der Waals surface area (Å²) in [5.74, 6) is 0.901. The van der Waals surface area contributed by atoms with Gasteiger partial charge in [0.15, 0.2) is 0 Å². The fraction of sp³-hybridized carbons (Fsp3) is 0.111. The Bertz CT molecular complexity index is 364. The van der Waals surface area contributed by atoms with Crippen LogP contribution >= 0.6 is 0 Å². The molecule has 2 rings (SSSR count). The standard InChI is InChI=1S/C9H9N3/c1-12-7-10-9(11-12)8-5-3-2-4-6-8/h2-7H,1H3/p+1. The van der Waals surface area contributed by atoms with Gasteiger partial charge >= 0.3 is 6.33 Å². The first-order valence-corrected chi connectivity index (χ1v) is 3.82. The second-order valence-corrected chi connectivity index (χ2v) is 2.68. The molecule has 0 unspecified atom stereocenters. The van der Waals surface area contributed by atoms with Gasteiger partial charge in [0.25, 0.3) is 5.82 Å². The van der Waals surface area contributed by atoms with Crippen LogP contribution in [0.3, 0.4) is 0 Å². The zero-order valence-corrected chi connectivity index (χ0v) is 6.86. The van der Waals surface area contributed by atoms with Crippen LogP contribution in [0.5, 0.6) is 0 Å². The lowest BCUT2D eigenvalue weighted by atomic mass is 10.2. The predicted octanol–water partition coefficient (Wildman–Crippen LogP) is 0.901. The molecule has 3 heteroatoms. The van der Waals surface area contributed by atoms with Crippen molar-refractivity contribution in [3.63, 3.8) is 0 Å². The summed E-state index contributed by atoms with van der Waals surface area (Å²) in [6, 6.07) is 10.0. The number of nitrogens with zero attached hydrogens (tertiary/aromatic N) is 2. The number of aryl methyl sites for hydroxylation is 1. The second kappa shape index (κ2) is 2.77. The van der Waals surface area contributed by atoms with E-state index in [2.05, 4.69) is 10.1 Å². The average Bonchev–Trinajstić information content (AvgIpc) is 2.54. The molecule has 0 spiro atoms. The molecule has 1 aromatic heterocycles. The van der Waals surface area contributed by atoms with Crippen molar-refractivity contribution in [1.82, 2.24) is 10.1 Å². The van der Waals surface area contributed by atoms with E-state index in [-0.39, 0.29) is 0 Å². The van der Waals surface area contributed by atoms with Crippen molar-refractivity contribution in [1.29, 1.82) is 0 Å². The number of hydrogen-bond donors (Lipinski definition) is 1. The van der Waals surface area contributed by atoms with E-state index in [0.29, 0.717) is 0 Å². The molecule has 12 heavy (non-hydrogen) atoms. The van der Waals surface area contributed by atoms with Crippen molar-refractivity contribution in [3.8, 4) is 11.4 Å². The number of aromatic amines is 1. The summed E-state index contributed by atoms with van der Waals surface area (Å²) in [5, 5.41) is 3.10. The van der Waals surface area contributed by atoms with Gasteiger partial charge in [-0.2, -0.15) is 9.78 Å². The first-order chi connectivity index (χ1) is 5.86. The van der Waals surface area contributed by atoms with Gasteiger partial charge < -0.3 is 0 Å². The van der Waals surface area contributed by atoms with Crippen LogP contribution < -0.4 is 4.68 Å². The summed E-state index contributed by atoms with van der Waals surface area (Å²) >= 11 is 0. The largest absolute Gasteiger partial charge is 0.307 e. The van der Waals surface area contributed by atoms with Gasteiger partial charge in [0.1, 0.15) is 7.05 Å². The van der Waals surface area contributed by atoms with E-state index in [0.717, 1.165) is 11.4 Å². The van der Waals surface area contributed by atoms with Gasteiger partial charge in [0, 0.05) is 5.56 Å². The normalized spacial score (nSPS) is 10.1. The highest BCUT2D eigenvalue weighted by molar-refractivity contribution is 5.52. The Morgan fingerprint density at radius 2 is 2.00 bits per heavy atom. The molecular formula is C9H10N3+. The Labute approximate surface area is 70.7 Å². The quantitative estimate of drug-likeness (QED) is 0.618. The van der Waals surface area contributed by atoms with Gasteiger partial charge in [0.2, 0.25) is 0 Å². The van der Waals surface area contributed by atoms with Crippen LogP contribution in [0.15, 0.2) is 36.7 Å². The van der Waals surface area contributed by atoms with Gasteiger partial charge in [-0.1, -0.05) is 18.2 Å². The maximum absolute atomic E-state index is 4.19. The van der Waals surface area contributed by atoms with Crippen molar-refractivity contribution in [2.75, 3.05) is 0 Å². The monoisotopic (exact) mass is 160 g/mol. The van der Waals surface area contributed by atoms with E-state index < -0.39 is 0 Å². The minimum atomic E-state index is 0.901. The lowest BCUT2D eigenvalue weighted by Gasteiger charge is -1.88. The summed E-state index contributed by atoms with van der Waals surface area (Å²) in [6.45, 7) is 0. The number of rotatable bonds is 1. The lowest BCUT2D eigenvalue weighted by molar-refractivity contribution is -0.727. The molecule has 0 aliphatic rings. The Hall–Kier alpha value is -1.64. The van der Waals surface area contributed by atoms with Crippen LogP contribution in [0.25, 0.3) is 11.4 Å². The van der Waals surface area contributed by atoms with Gasteiger partial charge in [-0.15, -0.1) is 0 Å². The minimum Gasteiger partial charge on any atom is -0.187 e. The van der Waals surface area contributed by atoms with E-state index in [1.807, 2.05) is 42.1 Å². The van der Waals surface area contributed by atoms with E-state index in [1.165, 1.54) is 0 Å². The molecule has 0 saturated carbocycles. The van der Waals surface area contributed by atoms with Crippen molar-refractivity contribution in [3.05, 3.63) is 36.7 Å². The zero-order chi connectivity index (χ0) is 8.39. The van der Waals surface area contributed by atoms with Gasteiger partial charge in [-0.3, -0.25) is 0 Å². The molecule has 0 saturated heterocycles. The van der Waals surface area contributed by atoms with Crippen LogP contribution in [-0.4, -0.2) is 10.1 Å². The van der Waals surface area contributed by atoms with Gasteiger partial charge in [0.05, 0.1) is 0 Å². The molecule has 0 bridgehead atoms. The lowest BCUT2D eigenvalue weighted by Crippen LogP contribution is -2.28. The Morgan fingerprint density at radius 3 is 2.58 bits per heavy atom. The fourth-order valence-corrected chi connectivity index (χ4v) is 1.10. The van der Waals surface area contributed by atoms with Crippen molar-refractivity contribution in [2.45, 2.75) is 0 Å². The summed E-state index contributed by atoms with van der Waals surface area (Å²) in [7, 11) is 1.92. The van der Waals surface area contributed by atoms with Crippen LogP contribution in [-0.2, 0) is 7.05 Å². The molecule has 3 nitrogen and oxygen atoms in total. The number of H-pyrrole nitrogens is 1. The molecule has 0 radical (unpaired) electrons. The fourth-order valence-electron chi connectivity index (χ4n) is 1.10. The van der Waals surface area contributed by atoms with E-state index in [9.17, 15) is 0 Å². The summed E-state index contributed by atoms with van der Waals surface area (Å²) in [4.78, 5) is 4.19. The van der Waals surface area contributed by atoms with Crippen molar-refractivity contribution >= 4 is 0 Å². The van der Waals surface area contributed by atoms with Crippen LogP contribution in [0.2, 0.25) is 0 Å². The molecule has 60 valence electrons. The maximum Gasteiger partial charge on any atom is 0.307 e. The van der Waals surface area contributed by atoms with Gasteiger partial charge in [-0.05, 0) is 17.1 Å². The zero-order valence-electron chi connectivity index (χ0n) is 6.86. The Morgan fingerprint density at radius 1 is 1.25 bits per heavy atom. The van der Waals surface area contributed by atoms with Crippen LogP contribution in [0.4, 0.5) is 0 Å². The third-order valence-electron chi connectivity index (χ3n) is 1.69.